The first-order chi connectivity index (χ1) is 11.5. The second kappa shape index (κ2) is 9.04. The number of aryl methyl sites for hydroxylation is 2. The van der Waals surface area contributed by atoms with Gasteiger partial charge in [-0.3, -0.25) is 9.69 Å². The van der Waals surface area contributed by atoms with Gasteiger partial charge in [0, 0.05) is 33.2 Å². The lowest BCUT2D eigenvalue weighted by Crippen LogP contribution is -2.49. The SMILES string of the molecule is CCN1CCN(CC(=O)N(C)CCOc2ccc(C)cc2C)CC1. The molecule has 0 unspecified atom stereocenters. The van der Waals surface area contributed by atoms with Crippen LogP contribution in [0.2, 0.25) is 0 Å². The molecule has 1 amide bonds. The van der Waals surface area contributed by atoms with E-state index in [9.17, 15) is 4.79 Å². The molecular formula is C19H31N3O2. The Balaban J connectivity index is 1.70. The highest BCUT2D eigenvalue weighted by Gasteiger charge is 2.19. The van der Waals surface area contributed by atoms with Gasteiger partial charge in [0.15, 0.2) is 0 Å². The van der Waals surface area contributed by atoms with Crippen molar-refractivity contribution < 1.29 is 9.53 Å². The van der Waals surface area contributed by atoms with Crippen LogP contribution < -0.4 is 4.74 Å². The molecule has 2 rings (SSSR count). The lowest BCUT2D eigenvalue weighted by molar-refractivity contribution is -0.131. The third kappa shape index (κ3) is 5.49. The van der Waals surface area contributed by atoms with Crippen molar-refractivity contribution in [1.29, 1.82) is 0 Å². The molecule has 0 N–H and O–H groups in total. The van der Waals surface area contributed by atoms with Crippen molar-refractivity contribution in [2.45, 2.75) is 20.8 Å². The molecule has 1 aliphatic rings. The lowest BCUT2D eigenvalue weighted by atomic mass is 10.1. The second-order valence-corrected chi connectivity index (χ2v) is 6.64. The van der Waals surface area contributed by atoms with Gasteiger partial charge in [0.2, 0.25) is 5.91 Å². The number of carbonyl (C=O) groups excluding carboxylic acids is 1. The zero-order valence-electron chi connectivity index (χ0n) is 15.5. The van der Waals surface area contributed by atoms with E-state index in [0.29, 0.717) is 19.7 Å². The first-order valence-electron chi connectivity index (χ1n) is 8.88. The molecule has 134 valence electrons. The summed E-state index contributed by atoms with van der Waals surface area (Å²) in [4.78, 5) is 18.8. The van der Waals surface area contributed by atoms with Crippen LogP contribution in [0, 0.1) is 13.8 Å². The second-order valence-electron chi connectivity index (χ2n) is 6.64. The summed E-state index contributed by atoms with van der Waals surface area (Å²) in [5.41, 5.74) is 2.37. The molecule has 0 atom stereocenters. The van der Waals surface area contributed by atoms with E-state index < -0.39 is 0 Å². The van der Waals surface area contributed by atoms with Crippen LogP contribution in [0.4, 0.5) is 0 Å². The fourth-order valence-electron chi connectivity index (χ4n) is 2.95. The monoisotopic (exact) mass is 333 g/mol. The molecule has 1 heterocycles. The van der Waals surface area contributed by atoms with Crippen molar-refractivity contribution in [3.05, 3.63) is 29.3 Å². The highest BCUT2D eigenvalue weighted by Crippen LogP contribution is 2.18. The van der Waals surface area contributed by atoms with Gasteiger partial charge in [0.25, 0.3) is 0 Å². The molecular weight excluding hydrogens is 302 g/mol. The third-order valence-electron chi connectivity index (χ3n) is 4.71. The number of piperazine rings is 1. The summed E-state index contributed by atoms with van der Waals surface area (Å²) in [6, 6.07) is 6.16. The fraction of sp³-hybridized carbons (Fsp3) is 0.632. The molecule has 5 heteroatoms. The predicted molar refractivity (Wildman–Crippen MR) is 97.6 cm³/mol. The molecule has 0 bridgehead atoms. The summed E-state index contributed by atoms with van der Waals surface area (Å²) < 4.78 is 5.82. The highest BCUT2D eigenvalue weighted by molar-refractivity contribution is 5.78. The molecule has 1 aromatic rings. The molecule has 0 aliphatic carbocycles. The van der Waals surface area contributed by atoms with Crippen LogP contribution in [0.25, 0.3) is 0 Å². The number of amides is 1. The summed E-state index contributed by atoms with van der Waals surface area (Å²) in [7, 11) is 1.86. The Morgan fingerprint density at radius 2 is 1.83 bits per heavy atom. The zero-order chi connectivity index (χ0) is 17.5. The Morgan fingerprint density at radius 1 is 1.17 bits per heavy atom. The van der Waals surface area contributed by atoms with Crippen LogP contribution in [0.1, 0.15) is 18.1 Å². The van der Waals surface area contributed by atoms with Crippen LogP contribution in [0.3, 0.4) is 0 Å². The maximum absolute atomic E-state index is 12.3. The maximum atomic E-state index is 12.3. The predicted octanol–water partition coefficient (Wildman–Crippen LogP) is 1.78. The van der Waals surface area contributed by atoms with E-state index in [2.05, 4.69) is 29.7 Å². The average Bonchev–Trinajstić information content (AvgIpc) is 2.57. The number of nitrogens with zero attached hydrogens (tertiary/aromatic N) is 3. The summed E-state index contributed by atoms with van der Waals surface area (Å²) >= 11 is 0. The number of likely N-dealkylation sites (N-methyl/N-ethyl adjacent to an activating group) is 2. The molecule has 1 saturated heterocycles. The van der Waals surface area contributed by atoms with E-state index in [0.717, 1.165) is 44.0 Å². The molecule has 1 aliphatic heterocycles. The summed E-state index contributed by atoms with van der Waals surface area (Å²) in [5, 5.41) is 0. The first-order valence-corrected chi connectivity index (χ1v) is 8.88. The Morgan fingerprint density at radius 3 is 2.46 bits per heavy atom. The van der Waals surface area contributed by atoms with E-state index in [1.165, 1.54) is 5.56 Å². The maximum Gasteiger partial charge on any atom is 0.236 e. The Hall–Kier alpha value is -1.59. The molecule has 0 aromatic heterocycles. The molecule has 24 heavy (non-hydrogen) atoms. The van der Waals surface area contributed by atoms with Crippen LogP contribution in [-0.2, 0) is 4.79 Å². The van der Waals surface area contributed by atoms with E-state index >= 15 is 0 Å². The van der Waals surface area contributed by atoms with Crippen LogP contribution in [0.15, 0.2) is 18.2 Å². The zero-order valence-corrected chi connectivity index (χ0v) is 15.5. The van der Waals surface area contributed by atoms with Gasteiger partial charge in [-0.25, -0.2) is 0 Å². The number of hydrogen-bond donors (Lipinski definition) is 0. The van der Waals surface area contributed by atoms with Crippen molar-refractivity contribution in [2.75, 3.05) is 59.5 Å². The van der Waals surface area contributed by atoms with Gasteiger partial charge in [0.1, 0.15) is 12.4 Å². The Labute approximate surface area is 146 Å². The van der Waals surface area contributed by atoms with Gasteiger partial charge < -0.3 is 14.5 Å². The van der Waals surface area contributed by atoms with Crippen molar-refractivity contribution in [2.24, 2.45) is 0 Å². The Bertz CT molecular complexity index is 539. The molecule has 1 aromatic carbocycles. The molecule has 5 nitrogen and oxygen atoms in total. The minimum atomic E-state index is 0.171. The summed E-state index contributed by atoms with van der Waals surface area (Å²) in [5.74, 6) is 1.07. The largest absolute Gasteiger partial charge is 0.491 e. The van der Waals surface area contributed by atoms with Crippen molar-refractivity contribution in [3.63, 3.8) is 0 Å². The number of benzene rings is 1. The van der Waals surface area contributed by atoms with Gasteiger partial charge in [-0.15, -0.1) is 0 Å². The fourth-order valence-corrected chi connectivity index (χ4v) is 2.95. The topological polar surface area (TPSA) is 36.0 Å². The van der Waals surface area contributed by atoms with Crippen LogP contribution >= 0.6 is 0 Å². The number of ether oxygens (including phenoxy) is 1. The lowest BCUT2D eigenvalue weighted by Gasteiger charge is -2.34. The molecule has 0 spiro atoms. The molecule has 1 fully saturated rings. The van der Waals surface area contributed by atoms with Crippen molar-refractivity contribution in [1.82, 2.24) is 14.7 Å². The standard InChI is InChI=1S/C19H31N3O2/c1-5-21-8-10-22(11-9-21)15-19(23)20(4)12-13-24-18-7-6-16(2)14-17(18)3/h6-7,14H,5,8-13,15H2,1-4H3. The van der Waals surface area contributed by atoms with E-state index in [-0.39, 0.29) is 5.91 Å². The number of rotatable bonds is 7. The van der Waals surface area contributed by atoms with E-state index in [4.69, 9.17) is 4.74 Å². The molecule has 0 radical (unpaired) electrons. The van der Waals surface area contributed by atoms with Crippen molar-refractivity contribution in [3.8, 4) is 5.75 Å². The minimum Gasteiger partial charge on any atom is -0.491 e. The quantitative estimate of drug-likeness (QED) is 0.762. The smallest absolute Gasteiger partial charge is 0.236 e. The van der Waals surface area contributed by atoms with E-state index in [1.54, 1.807) is 4.90 Å². The summed E-state index contributed by atoms with van der Waals surface area (Å²) in [6.45, 7) is 13.1. The average molecular weight is 333 g/mol. The molecule has 0 saturated carbocycles. The minimum absolute atomic E-state index is 0.171. The van der Waals surface area contributed by atoms with Gasteiger partial charge in [-0.1, -0.05) is 24.6 Å². The number of hydrogen-bond acceptors (Lipinski definition) is 4. The Kier molecular flexibility index (Phi) is 7.06. The van der Waals surface area contributed by atoms with Crippen LogP contribution in [-0.4, -0.2) is 80.1 Å². The number of carbonyl (C=O) groups is 1. The van der Waals surface area contributed by atoms with Crippen molar-refractivity contribution >= 4 is 5.91 Å². The van der Waals surface area contributed by atoms with Gasteiger partial charge in [-0.2, -0.15) is 0 Å². The highest BCUT2D eigenvalue weighted by atomic mass is 16.5. The van der Waals surface area contributed by atoms with E-state index in [1.807, 2.05) is 26.1 Å². The van der Waals surface area contributed by atoms with Gasteiger partial charge >= 0.3 is 0 Å². The first kappa shape index (κ1) is 18.7. The van der Waals surface area contributed by atoms with Crippen LogP contribution in [0.5, 0.6) is 5.75 Å². The summed E-state index contributed by atoms with van der Waals surface area (Å²) in [6.07, 6.45) is 0. The normalized spacial score (nSPS) is 16.2. The van der Waals surface area contributed by atoms with Gasteiger partial charge in [0.05, 0.1) is 13.1 Å². The van der Waals surface area contributed by atoms with Gasteiger partial charge in [-0.05, 0) is 32.0 Å². The third-order valence-corrected chi connectivity index (χ3v) is 4.71.